The lowest BCUT2D eigenvalue weighted by molar-refractivity contribution is 0.102. The van der Waals surface area contributed by atoms with Crippen LogP contribution in [-0.4, -0.2) is 12.5 Å². The van der Waals surface area contributed by atoms with Crippen LogP contribution in [0.25, 0.3) is 0 Å². The van der Waals surface area contributed by atoms with E-state index in [1.165, 1.54) is 0 Å². The number of carbonyl (C=O) groups is 1. The van der Waals surface area contributed by atoms with Crippen molar-refractivity contribution in [1.82, 2.24) is 0 Å². The van der Waals surface area contributed by atoms with Crippen molar-refractivity contribution in [1.29, 1.82) is 0 Å². The van der Waals surface area contributed by atoms with Crippen LogP contribution in [0.5, 0.6) is 23.0 Å². The second-order valence-electron chi connectivity index (χ2n) is 9.66. The highest BCUT2D eigenvalue weighted by Gasteiger charge is 2.19. The van der Waals surface area contributed by atoms with Gasteiger partial charge in [0.1, 0.15) is 23.9 Å². The molecule has 0 atom stereocenters. The smallest absolute Gasteiger partial charge is 0.255 e. The predicted octanol–water partition coefficient (Wildman–Crippen LogP) is 8.01. The molecule has 4 aromatic rings. The number of carbonyl (C=O) groups excluding carboxylic acids is 1. The van der Waals surface area contributed by atoms with Gasteiger partial charge in [0.15, 0.2) is 5.75 Å². The summed E-state index contributed by atoms with van der Waals surface area (Å²) >= 11 is 0. The molecule has 0 fully saturated rings. The molecule has 0 bridgehead atoms. The molecule has 0 unspecified atom stereocenters. The highest BCUT2D eigenvalue weighted by atomic mass is 16.5. The maximum atomic E-state index is 13.3. The fourth-order valence-electron chi connectivity index (χ4n) is 3.97. The molecule has 0 radical (unpaired) electrons. The summed E-state index contributed by atoms with van der Waals surface area (Å²) in [5.74, 6) is 2.53. The monoisotopic (exact) mass is 495 g/mol. The molecule has 4 aromatic carbocycles. The van der Waals surface area contributed by atoms with Gasteiger partial charge in [-0.25, -0.2) is 0 Å². The zero-order chi connectivity index (χ0) is 26.3. The number of ether oxygens (including phenoxy) is 3. The minimum atomic E-state index is -0.247. The van der Waals surface area contributed by atoms with Gasteiger partial charge in [-0.05, 0) is 66.4 Å². The fourth-order valence-corrected chi connectivity index (χ4v) is 3.97. The molecule has 37 heavy (non-hydrogen) atoms. The number of nitrogens with one attached hydrogen (secondary N) is 1. The Bertz CT molecular complexity index is 1340. The fraction of sp³-hybridized carbons (Fsp3) is 0.219. The lowest BCUT2D eigenvalue weighted by Crippen LogP contribution is -2.15. The highest BCUT2D eigenvalue weighted by molar-refractivity contribution is 6.05. The molecule has 0 aliphatic rings. The van der Waals surface area contributed by atoms with E-state index in [4.69, 9.17) is 14.2 Å². The zero-order valence-corrected chi connectivity index (χ0v) is 21.8. The Hall–Kier alpha value is -4.25. The van der Waals surface area contributed by atoms with Gasteiger partial charge >= 0.3 is 0 Å². The lowest BCUT2D eigenvalue weighted by atomic mass is 9.86. The second-order valence-corrected chi connectivity index (χ2v) is 9.66. The summed E-state index contributed by atoms with van der Waals surface area (Å²) in [6.07, 6.45) is 0. The van der Waals surface area contributed by atoms with Crippen LogP contribution < -0.4 is 19.5 Å². The minimum absolute atomic E-state index is 0.0592. The summed E-state index contributed by atoms with van der Waals surface area (Å²) in [5, 5.41) is 2.98. The molecule has 0 aromatic heterocycles. The molecule has 5 nitrogen and oxygen atoms in total. The molecule has 1 N–H and O–H groups in total. The van der Waals surface area contributed by atoms with Gasteiger partial charge in [0, 0.05) is 11.1 Å². The molecule has 190 valence electrons. The van der Waals surface area contributed by atoms with Gasteiger partial charge < -0.3 is 19.5 Å². The Morgan fingerprint density at radius 3 is 2.16 bits per heavy atom. The van der Waals surface area contributed by atoms with Gasteiger partial charge in [-0.15, -0.1) is 0 Å². The molecule has 5 heteroatoms. The molecule has 0 saturated carbocycles. The van der Waals surface area contributed by atoms with E-state index < -0.39 is 0 Å². The summed E-state index contributed by atoms with van der Waals surface area (Å²) in [6, 6.07) is 30.3. The summed E-state index contributed by atoms with van der Waals surface area (Å²) in [5.41, 5.74) is 2.95. The first-order valence-electron chi connectivity index (χ1n) is 12.5. The van der Waals surface area contributed by atoms with Crippen LogP contribution in [0.15, 0.2) is 97.1 Å². The van der Waals surface area contributed by atoms with Gasteiger partial charge in [-0.3, -0.25) is 4.79 Å². The van der Waals surface area contributed by atoms with Gasteiger partial charge in [0.05, 0.1) is 12.3 Å². The topological polar surface area (TPSA) is 56.8 Å². The van der Waals surface area contributed by atoms with Crippen molar-refractivity contribution in [2.24, 2.45) is 0 Å². The first-order chi connectivity index (χ1) is 17.8. The van der Waals surface area contributed by atoms with Crippen LogP contribution in [0.4, 0.5) is 5.69 Å². The summed E-state index contributed by atoms with van der Waals surface area (Å²) in [4.78, 5) is 13.3. The SMILES string of the molecule is CCOc1ccc(C(=O)Nc2ccccc2Oc2ccccc2)cc1COc1ccccc1C(C)(C)C. The quantitative estimate of drug-likeness (QED) is 0.255. The highest BCUT2D eigenvalue weighted by Crippen LogP contribution is 2.33. The second kappa shape index (κ2) is 11.7. The zero-order valence-electron chi connectivity index (χ0n) is 21.8. The number of hydrogen-bond acceptors (Lipinski definition) is 4. The lowest BCUT2D eigenvalue weighted by Gasteiger charge is -2.23. The van der Waals surface area contributed by atoms with Crippen LogP contribution in [0.2, 0.25) is 0 Å². The third kappa shape index (κ3) is 6.70. The third-order valence-corrected chi connectivity index (χ3v) is 5.81. The van der Waals surface area contributed by atoms with Gasteiger partial charge in [0.25, 0.3) is 5.91 Å². The van der Waals surface area contributed by atoms with E-state index in [0.717, 1.165) is 16.9 Å². The number of anilines is 1. The molecule has 0 saturated heterocycles. The normalized spacial score (nSPS) is 11.0. The number of benzene rings is 4. The maximum Gasteiger partial charge on any atom is 0.255 e. The number of para-hydroxylation sites is 4. The average molecular weight is 496 g/mol. The molecule has 0 heterocycles. The van der Waals surface area contributed by atoms with Crippen LogP contribution in [0, 0.1) is 0 Å². The standard InChI is InChI=1S/C32H33NO4/c1-5-35-28-20-19-23(21-24(28)22-36-29-17-11-9-15-26(29)32(2,3)4)31(34)33-27-16-10-12-18-30(27)37-25-13-7-6-8-14-25/h6-21H,5,22H2,1-4H3,(H,33,34). The van der Waals surface area contributed by atoms with E-state index in [0.29, 0.717) is 35.1 Å². The molecule has 0 aliphatic heterocycles. The van der Waals surface area contributed by atoms with Crippen LogP contribution in [0.1, 0.15) is 49.2 Å². The van der Waals surface area contributed by atoms with Crippen molar-refractivity contribution in [2.75, 3.05) is 11.9 Å². The predicted molar refractivity (Wildman–Crippen MR) is 148 cm³/mol. The van der Waals surface area contributed by atoms with Gasteiger partial charge in [0.2, 0.25) is 0 Å². The Balaban J connectivity index is 1.55. The molecular formula is C32H33NO4. The van der Waals surface area contributed by atoms with E-state index >= 15 is 0 Å². The van der Waals surface area contributed by atoms with E-state index in [-0.39, 0.29) is 17.9 Å². The number of hydrogen-bond donors (Lipinski definition) is 1. The Morgan fingerprint density at radius 1 is 0.757 bits per heavy atom. The minimum Gasteiger partial charge on any atom is -0.493 e. The number of rotatable bonds is 9. The van der Waals surface area contributed by atoms with Crippen molar-refractivity contribution in [3.8, 4) is 23.0 Å². The summed E-state index contributed by atoms with van der Waals surface area (Å²) in [7, 11) is 0. The van der Waals surface area contributed by atoms with Crippen molar-refractivity contribution in [3.05, 3.63) is 114 Å². The third-order valence-electron chi connectivity index (χ3n) is 5.81. The molecule has 1 amide bonds. The van der Waals surface area contributed by atoms with Gasteiger partial charge in [-0.2, -0.15) is 0 Å². The van der Waals surface area contributed by atoms with Gasteiger partial charge in [-0.1, -0.05) is 69.3 Å². The average Bonchev–Trinajstić information content (AvgIpc) is 2.89. The van der Waals surface area contributed by atoms with Crippen molar-refractivity contribution in [2.45, 2.75) is 39.7 Å². The first-order valence-corrected chi connectivity index (χ1v) is 12.5. The van der Waals surface area contributed by atoms with E-state index in [9.17, 15) is 4.79 Å². The molecule has 0 spiro atoms. The van der Waals surface area contributed by atoms with E-state index in [1.807, 2.05) is 91.9 Å². The van der Waals surface area contributed by atoms with Crippen molar-refractivity contribution in [3.63, 3.8) is 0 Å². The summed E-state index contributed by atoms with van der Waals surface area (Å²) < 4.78 is 18.1. The molecule has 4 rings (SSSR count). The van der Waals surface area contributed by atoms with E-state index in [1.54, 1.807) is 6.07 Å². The first kappa shape index (κ1) is 25.8. The van der Waals surface area contributed by atoms with E-state index in [2.05, 4.69) is 32.2 Å². The van der Waals surface area contributed by atoms with Crippen LogP contribution in [0.3, 0.4) is 0 Å². The van der Waals surface area contributed by atoms with Crippen LogP contribution in [-0.2, 0) is 12.0 Å². The number of amides is 1. The Labute approximate surface area is 219 Å². The van der Waals surface area contributed by atoms with Crippen molar-refractivity contribution >= 4 is 11.6 Å². The molecular weight excluding hydrogens is 462 g/mol. The maximum absolute atomic E-state index is 13.3. The largest absolute Gasteiger partial charge is 0.493 e. The Kier molecular flexibility index (Phi) is 8.14. The van der Waals surface area contributed by atoms with Crippen LogP contribution >= 0.6 is 0 Å². The molecule has 0 aliphatic carbocycles. The Morgan fingerprint density at radius 2 is 1.43 bits per heavy atom. The van der Waals surface area contributed by atoms with Crippen molar-refractivity contribution < 1.29 is 19.0 Å². The summed E-state index contributed by atoms with van der Waals surface area (Å²) in [6.45, 7) is 9.20.